The van der Waals surface area contributed by atoms with E-state index in [1.807, 2.05) is 0 Å². The minimum Gasteiger partial charge on any atom is -0.323 e. The molecule has 0 heterocycles. The molecule has 0 aromatic heterocycles. The second-order valence-electron chi connectivity index (χ2n) is 4.94. The zero-order chi connectivity index (χ0) is 14.1. The summed E-state index contributed by atoms with van der Waals surface area (Å²) in [4.78, 5) is 12.0. The second-order valence-corrected chi connectivity index (χ2v) is 4.94. The molecule has 1 saturated carbocycles. The van der Waals surface area contributed by atoms with E-state index in [0.717, 1.165) is 0 Å². The molecule has 2 nitrogen and oxygen atoms in total. The Hall–Kier alpha value is -2.23. The van der Waals surface area contributed by atoms with E-state index in [2.05, 4.69) is 5.32 Å². The molecule has 3 rings (SSSR count). The van der Waals surface area contributed by atoms with Gasteiger partial charge in [0.05, 0.1) is 5.69 Å². The first-order valence-corrected chi connectivity index (χ1v) is 6.46. The van der Waals surface area contributed by atoms with Crippen LogP contribution in [0.1, 0.15) is 17.9 Å². The quantitative estimate of drug-likeness (QED) is 0.907. The molecule has 1 N–H and O–H groups in total. The summed E-state index contributed by atoms with van der Waals surface area (Å²) in [6.07, 6.45) is 0.598. The fourth-order valence-electron chi connectivity index (χ4n) is 2.39. The summed E-state index contributed by atoms with van der Waals surface area (Å²) in [7, 11) is 0. The Morgan fingerprint density at radius 2 is 1.65 bits per heavy atom. The van der Waals surface area contributed by atoms with Crippen molar-refractivity contribution in [3.8, 4) is 0 Å². The fraction of sp³-hybridized carbons (Fsp3) is 0.188. The van der Waals surface area contributed by atoms with Gasteiger partial charge in [-0.1, -0.05) is 30.3 Å². The van der Waals surface area contributed by atoms with Crippen molar-refractivity contribution < 1.29 is 13.6 Å². The maximum Gasteiger partial charge on any atom is 0.228 e. The molecular formula is C16H13F2NO. The number of hydrogen-bond donors (Lipinski definition) is 1. The van der Waals surface area contributed by atoms with E-state index in [4.69, 9.17) is 0 Å². The summed E-state index contributed by atoms with van der Waals surface area (Å²) < 4.78 is 27.1. The maximum atomic E-state index is 13.6. The van der Waals surface area contributed by atoms with Crippen molar-refractivity contribution in [2.75, 3.05) is 5.32 Å². The number of anilines is 1. The molecule has 1 amide bonds. The van der Waals surface area contributed by atoms with Gasteiger partial charge in [0.15, 0.2) is 0 Å². The van der Waals surface area contributed by atoms with Crippen LogP contribution in [0.4, 0.5) is 14.5 Å². The van der Waals surface area contributed by atoms with Gasteiger partial charge in [0.25, 0.3) is 0 Å². The van der Waals surface area contributed by atoms with Gasteiger partial charge in [-0.05, 0) is 36.1 Å². The number of hydrogen-bond acceptors (Lipinski definition) is 1. The van der Waals surface area contributed by atoms with Crippen molar-refractivity contribution >= 4 is 11.6 Å². The Bertz CT molecular complexity index is 656. The van der Waals surface area contributed by atoms with Crippen molar-refractivity contribution in [1.82, 2.24) is 0 Å². The van der Waals surface area contributed by atoms with E-state index in [1.165, 1.54) is 18.2 Å². The summed E-state index contributed by atoms with van der Waals surface area (Å²) >= 11 is 0. The molecule has 102 valence electrons. The lowest BCUT2D eigenvalue weighted by Gasteiger charge is -2.06. The van der Waals surface area contributed by atoms with Gasteiger partial charge in [0, 0.05) is 5.92 Å². The number of halogens is 2. The van der Waals surface area contributed by atoms with Gasteiger partial charge in [-0.2, -0.15) is 0 Å². The van der Waals surface area contributed by atoms with E-state index in [9.17, 15) is 13.6 Å². The lowest BCUT2D eigenvalue weighted by atomic mass is 10.1. The van der Waals surface area contributed by atoms with Crippen LogP contribution in [-0.2, 0) is 4.79 Å². The highest BCUT2D eigenvalue weighted by Crippen LogP contribution is 2.48. The summed E-state index contributed by atoms with van der Waals surface area (Å²) in [5.41, 5.74) is 0.720. The highest BCUT2D eigenvalue weighted by molar-refractivity contribution is 5.95. The van der Waals surface area contributed by atoms with Crippen LogP contribution in [0.3, 0.4) is 0 Å². The molecule has 1 fully saturated rings. The fourth-order valence-corrected chi connectivity index (χ4v) is 2.39. The minimum atomic E-state index is -0.469. The topological polar surface area (TPSA) is 29.1 Å². The predicted octanol–water partition coefficient (Wildman–Crippen LogP) is 3.71. The second kappa shape index (κ2) is 5.04. The standard InChI is InChI=1S/C16H13F2NO/c17-13-6-2-1-5-10(13)11-9-12(11)16(20)19-15-8-4-3-7-14(15)18/h1-8,11-12H,9H2,(H,19,20). The molecule has 20 heavy (non-hydrogen) atoms. The summed E-state index contributed by atoms with van der Waals surface area (Å²) in [6, 6.07) is 12.5. The Labute approximate surface area is 115 Å². The first-order valence-electron chi connectivity index (χ1n) is 6.46. The summed E-state index contributed by atoms with van der Waals surface area (Å²) in [5, 5.41) is 2.55. The minimum absolute atomic E-state index is 0.108. The van der Waals surface area contributed by atoms with Gasteiger partial charge in [-0.3, -0.25) is 4.79 Å². The third kappa shape index (κ3) is 2.41. The van der Waals surface area contributed by atoms with Gasteiger partial charge < -0.3 is 5.32 Å². The van der Waals surface area contributed by atoms with Crippen molar-refractivity contribution in [2.45, 2.75) is 12.3 Å². The molecular weight excluding hydrogens is 260 g/mol. The molecule has 2 unspecified atom stereocenters. The van der Waals surface area contributed by atoms with E-state index < -0.39 is 5.82 Å². The largest absolute Gasteiger partial charge is 0.323 e. The Morgan fingerprint density at radius 1 is 1.00 bits per heavy atom. The molecule has 2 aromatic rings. The van der Waals surface area contributed by atoms with Crippen LogP contribution in [-0.4, -0.2) is 5.91 Å². The van der Waals surface area contributed by atoms with E-state index in [0.29, 0.717) is 12.0 Å². The Kier molecular flexibility index (Phi) is 3.22. The lowest BCUT2D eigenvalue weighted by Crippen LogP contribution is -2.15. The third-order valence-electron chi connectivity index (χ3n) is 3.56. The van der Waals surface area contributed by atoms with Crippen LogP contribution in [0, 0.1) is 17.6 Å². The van der Waals surface area contributed by atoms with Crippen LogP contribution in [0.5, 0.6) is 0 Å². The van der Waals surface area contributed by atoms with Crippen molar-refractivity contribution in [2.24, 2.45) is 5.92 Å². The predicted molar refractivity (Wildman–Crippen MR) is 72.3 cm³/mol. The van der Waals surface area contributed by atoms with Gasteiger partial charge in [0.2, 0.25) is 5.91 Å². The lowest BCUT2D eigenvalue weighted by molar-refractivity contribution is -0.117. The number of nitrogens with one attached hydrogen (secondary N) is 1. The molecule has 0 radical (unpaired) electrons. The smallest absolute Gasteiger partial charge is 0.228 e. The molecule has 4 heteroatoms. The monoisotopic (exact) mass is 273 g/mol. The van der Waals surface area contributed by atoms with Crippen LogP contribution >= 0.6 is 0 Å². The molecule has 2 aromatic carbocycles. The average Bonchev–Trinajstić information content (AvgIpc) is 3.22. The van der Waals surface area contributed by atoms with Crippen LogP contribution in [0.25, 0.3) is 0 Å². The number of para-hydroxylation sites is 1. The molecule has 2 atom stereocenters. The summed E-state index contributed by atoms with van der Waals surface area (Å²) in [5.74, 6) is -1.42. The summed E-state index contributed by atoms with van der Waals surface area (Å²) in [6.45, 7) is 0. The van der Waals surface area contributed by atoms with Crippen LogP contribution < -0.4 is 5.32 Å². The average molecular weight is 273 g/mol. The van der Waals surface area contributed by atoms with E-state index in [1.54, 1.807) is 30.3 Å². The highest BCUT2D eigenvalue weighted by Gasteiger charge is 2.45. The number of carbonyl (C=O) groups excluding carboxylic acids is 1. The molecule has 1 aliphatic carbocycles. The van der Waals surface area contributed by atoms with Gasteiger partial charge in [-0.25, -0.2) is 8.78 Å². The van der Waals surface area contributed by atoms with Crippen molar-refractivity contribution in [3.05, 3.63) is 65.7 Å². The third-order valence-corrected chi connectivity index (χ3v) is 3.56. The van der Waals surface area contributed by atoms with Gasteiger partial charge in [-0.15, -0.1) is 0 Å². The normalized spacial score (nSPS) is 20.5. The first-order chi connectivity index (χ1) is 9.66. The van der Waals surface area contributed by atoms with Crippen molar-refractivity contribution in [3.63, 3.8) is 0 Å². The van der Waals surface area contributed by atoms with Crippen LogP contribution in [0.15, 0.2) is 48.5 Å². The number of rotatable bonds is 3. The first kappa shape index (κ1) is 12.8. The SMILES string of the molecule is O=C(Nc1ccccc1F)C1CC1c1ccccc1F. The number of carbonyl (C=O) groups is 1. The molecule has 0 spiro atoms. The zero-order valence-electron chi connectivity index (χ0n) is 10.6. The van der Waals surface area contributed by atoms with Crippen molar-refractivity contribution in [1.29, 1.82) is 0 Å². The Balaban J connectivity index is 1.69. The zero-order valence-corrected chi connectivity index (χ0v) is 10.6. The molecule has 0 bridgehead atoms. The van der Waals surface area contributed by atoms with Crippen LogP contribution in [0.2, 0.25) is 0 Å². The van der Waals surface area contributed by atoms with E-state index >= 15 is 0 Å². The van der Waals surface area contributed by atoms with E-state index in [-0.39, 0.29) is 29.2 Å². The maximum absolute atomic E-state index is 13.6. The number of benzene rings is 2. The molecule has 1 aliphatic rings. The highest BCUT2D eigenvalue weighted by atomic mass is 19.1. The molecule has 0 aliphatic heterocycles. The van der Waals surface area contributed by atoms with Gasteiger partial charge in [0.1, 0.15) is 11.6 Å². The molecule has 0 saturated heterocycles. The number of amides is 1. The Morgan fingerprint density at radius 3 is 2.35 bits per heavy atom. The van der Waals surface area contributed by atoms with Gasteiger partial charge >= 0.3 is 0 Å².